The fourth-order valence-corrected chi connectivity index (χ4v) is 3.29. The second-order valence-corrected chi connectivity index (χ2v) is 6.07. The summed E-state index contributed by atoms with van der Waals surface area (Å²) in [4.78, 5) is 0. The van der Waals surface area contributed by atoms with E-state index in [9.17, 15) is 0 Å². The monoisotopic (exact) mass is 338 g/mol. The zero-order chi connectivity index (χ0) is 18.0. The van der Waals surface area contributed by atoms with E-state index in [0.29, 0.717) is 5.92 Å². The first-order chi connectivity index (χ1) is 12.1. The molecule has 1 atom stereocenters. The van der Waals surface area contributed by atoms with E-state index in [1.54, 1.807) is 21.3 Å². The molecule has 2 aromatic rings. The highest BCUT2D eigenvalue weighted by Crippen LogP contribution is 2.37. The minimum Gasteiger partial charge on any atom is -0.497 e. The van der Waals surface area contributed by atoms with Crippen LogP contribution in [0.2, 0.25) is 0 Å². The van der Waals surface area contributed by atoms with Gasteiger partial charge in [0.15, 0.2) is 5.71 Å². The van der Waals surface area contributed by atoms with E-state index >= 15 is 0 Å². The summed E-state index contributed by atoms with van der Waals surface area (Å²) in [5.74, 6) is 2.77. The fourth-order valence-electron chi connectivity index (χ4n) is 3.29. The average molecular weight is 338 g/mol. The molecule has 1 unspecified atom stereocenters. The molecule has 25 heavy (non-hydrogen) atoms. The van der Waals surface area contributed by atoms with E-state index in [2.05, 4.69) is 42.8 Å². The lowest BCUT2D eigenvalue weighted by Gasteiger charge is -2.07. The van der Waals surface area contributed by atoms with Crippen LogP contribution in [-0.2, 0) is 0 Å². The third-order valence-electron chi connectivity index (χ3n) is 4.77. The van der Waals surface area contributed by atoms with Crippen molar-refractivity contribution in [2.45, 2.75) is 12.8 Å². The minimum absolute atomic E-state index is 0.301. The van der Waals surface area contributed by atoms with Gasteiger partial charge in [-0.25, -0.2) is 0 Å². The van der Waals surface area contributed by atoms with Crippen LogP contribution in [0.1, 0.15) is 24.0 Å². The molecule has 130 valence electrons. The van der Waals surface area contributed by atoms with Gasteiger partial charge in [0.2, 0.25) is 5.69 Å². The molecule has 0 saturated heterocycles. The van der Waals surface area contributed by atoms with Crippen molar-refractivity contribution in [2.75, 3.05) is 28.4 Å². The smallest absolute Gasteiger partial charge is 0.209 e. The molecule has 0 aromatic heterocycles. The van der Waals surface area contributed by atoms with Gasteiger partial charge in [0.1, 0.15) is 24.3 Å². The van der Waals surface area contributed by atoms with Gasteiger partial charge in [-0.3, -0.25) is 0 Å². The molecule has 0 radical (unpaired) electrons. The highest BCUT2D eigenvalue weighted by Gasteiger charge is 2.33. The minimum atomic E-state index is 0.301. The van der Waals surface area contributed by atoms with Crippen molar-refractivity contribution in [1.82, 2.24) is 0 Å². The number of ether oxygens (including phenoxy) is 3. The molecule has 1 aliphatic heterocycles. The van der Waals surface area contributed by atoms with Crippen LogP contribution >= 0.6 is 0 Å². The first-order valence-corrected chi connectivity index (χ1v) is 8.27. The third-order valence-corrected chi connectivity index (χ3v) is 4.77. The Morgan fingerprint density at radius 2 is 1.56 bits per heavy atom. The molecule has 4 nitrogen and oxygen atoms in total. The Kier molecular flexibility index (Phi) is 4.79. The lowest BCUT2D eigenvalue weighted by Crippen LogP contribution is -2.08. The third kappa shape index (κ3) is 3.12. The summed E-state index contributed by atoms with van der Waals surface area (Å²) in [6.07, 6.45) is 4.24. The van der Waals surface area contributed by atoms with E-state index in [-0.39, 0.29) is 0 Å². The first-order valence-electron chi connectivity index (χ1n) is 8.27. The maximum Gasteiger partial charge on any atom is 0.209 e. The molecule has 3 rings (SSSR count). The highest BCUT2D eigenvalue weighted by atomic mass is 16.5. The van der Waals surface area contributed by atoms with Crippen molar-refractivity contribution in [1.29, 1.82) is 0 Å². The predicted octanol–water partition coefficient (Wildman–Crippen LogP) is 4.26. The Morgan fingerprint density at radius 1 is 0.880 bits per heavy atom. The number of nitrogens with zero attached hydrogens (tertiary/aromatic N) is 1. The normalized spacial score (nSPS) is 16.3. The number of allylic oxidation sites excluding steroid dienone is 1. The summed E-state index contributed by atoms with van der Waals surface area (Å²) in [5.41, 5.74) is 4.75. The van der Waals surface area contributed by atoms with Crippen molar-refractivity contribution >= 4 is 17.5 Å². The van der Waals surface area contributed by atoms with Gasteiger partial charge >= 0.3 is 0 Å². The molecule has 2 aromatic carbocycles. The van der Waals surface area contributed by atoms with E-state index in [1.165, 1.54) is 17.0 Å². The summed E-state index contributed by atoms with van der Waals surface area (Å²) in [6, 6.07) is 12.1. The van der Waals surface area contributed by atoms with Gasteiger partial charge in [-0.1, -0.05) is 0 Å². The largest absolute Gasteiger partial charge is 0.497 e. The Labute approximate surface area is 149 Å². The van der Waals surface area contributed by atoms with Crippen LogP contribution in [0.15, 0.2) is 42.5 Å². The van der Waals surface area contributed by atoms with E-state index in [0.717, 1.165) is 22.8 Å². The molecule has 0 amide bonds. The van der Waals surface area contributed by atoms with Gasteiger partial charge in [-0.2, -0.15) is 4.58 Å². The van der Waals surface area contributed by atoms with E-state index < -0.39 is 0 Å². The van der Waals surface area contributed by atoms with Gasteiger partial charge < -0.3 is 14.2 Å². The summed E-state index contributed by atoms with van der Waals surface area (Å²) < 4.78 is 18.3. The summed E-state index contributed by atoms with van der Waals surface area (Å²) >= 11 is 0. The van der Waals surface area contributed by atoms with Crippen LogP contribution < -0.4 is 14.2 Å². The Bertz CT molecular complexity index is 852. The van der Waals surface area contributed by atoms with Crippen molar-refractivity contribution in [3.63, 3.8) is 0 Å². The van der Waals surface area contributed by atoms with Crippen LogP contribution in [-0.4, -0.2) is 38.7 Å². The maximum atomic E-state index is 5.48. The molecule has 0 bridgehead atoms. The Balaban J connectivity index is 1.93. The number of rotatable bonds is 5. The molecule has 1 aliphatic rings. The SMILES string of the molecule is COc1ccc(/C=C/C2=[N+](C)c3ccc(OC)cc3C2C)c(OC)c1. The number of fused-ring (bicyclic) bond motifs is 1. The summed E-state index contributed by atoms with van der Waals surface area (Å²) in [5, 5.41) is 0. The Hall–Kier alpha value is -2.75. The topological polar surface area (TPSA) is 30.7 Å². The van der Waals surface area contributed by atoms with Gasteiger partial charge in [0.25, 0.3) is 0 Å². The standard InChI is InChI=1S/C21H24NO3/c1-14-18-12-16(23-3)9-11-20(18)22(2)19(14)10-7-15-6-8-17(24-4)13-21(15)25-5/h6-14H,1-5H3/q+1/b10-7+. The molecule has 4 heteroatoms. The molecule has 0 N–H and O–H groups in total. The van der Waals surface area contributed by atoms with Crippen LogP contribution in [0.3, 0.4) is 0 Å². The molecule has 0 aliphatic carbocycles. The van der Waals surface area contributed by atoms with Crippen molar-refractivity contribution in [3.8, 4) is 17.2 Å². The maximum absolute atomic E-state index is 5.48. The number of methoxy groups -OCH3 is 3. The van der Waals surface area contributed by atoms with Gasteiger partial charge in [0, 0.05) is 29.3 Å². The number of benzene rings is 2. The quantitative estimate of drug-likeness (QED) is 0.763. The molecule has 0 fully saturated rings. The predicted molar refractivity (Wildman–Crippen MR) is 101 cm³/mol. The molecule has 0 saturated carbocycles. The molecule has 0 spiro atoms. The van der Waals surface area contributed by atoms with Crippen molar-refractivity contribution in [3.05, 3.63) is 53.6 Å². The average Bonchev–Trinajstić information content (AvgIpc) is 2.89. The lowest BCUT2D eigenvalue weighted by atomic mass is 9.97. The Morgan fingerprint density at radius 3 is 2.24 bits per heavy atom. The van der Waals surface area contributed by atoms with Gasteiger partial charge in [-0.15, -0.1) is 0 Å². The number of hydrogen-bond donors (Lipinski definition) is 0. The van der Waals surface area contributed by atoms with Gasteiger partial charge in [0.05, 0.1) is 27.2 Å². The molecular weight excluding hydrogens is 314 g/mol. The first kappa shape index (κ1) is 17.1. The van der Waals surface area contributed by atoms with Crippen molar-refractivity contribution in [2.24, 2.45) is 0 Å². The second kappa shape index (κ2) is 7.01. The number of hydrogen-bond acceptors (Lipinski definition) is 3. The van der Waals surface area contributed by atoms with E-state index in [1.807, 2.05) is 24.3 Å². The van der Waals surface area contributed by atoms with Crippen LogP contribution in [0, 0.1) is 0 Å². The summed E-state index contributed by atoms with van der Waals surface area (Å²) in [7, 11) is 7.12. The fraction of sp³-hybridized carbons (Fsp3) is 0.286. The molecular formula is C21H24NO3+. The van der Waals surface area contributed by atoms with E-state index in [4.69, 9.17) is 14.2 Å². The zero-order valence-electron chi connectivity index (χ0n) is 15.4. The van der Waals surface area contributed by atoms with Crippen LogP contribution in [0.25, 0.3) is 6.08 Å². The van der Waals surface area contributed by atoms with Crippen LogP contribution in [0.4, 0.5) is 5.69 Å². The van der Waals surface area contributed by atoms with Crippen molar-refractivity contribution < 1.29 is 18.8 Å². The zero-order valence-corrected chi connectivity index (χ0v) is 15.4. The van der Waals surface area contributed by atoms with Gasteiger partial charge in [-0.05, 0) is 37.3 Å². The second-order valence-electron chi connectivity index (χ2n) is 6.07. The highest BCUT2D eigenvalue weighted by molar-refractivity contribution is 6.02. The summed E-state index contributed by atoms with van der Waals surface area (Å²) in [6.45, 7) is 2.21. The molecule has 1 heterocycles. The lowest BCUT2D eigenvalue weighted by molar-refractivity contribution is -0.401. The van der Waals surface area contributed by atoms with Crippen LogP contribution in [0.5, 0.6) is 17.2 Å².